The highest BCUT2D eigenvalue weighted by Gasteiger charge is 2.20. The largest absolute Gasteiger partial charge is 0.392 e. The van der Waals surface area contributed by atoms with Crippen LogP contribution in [0.15, 0.2) is 0 Å². The molecule has 0 bridgehead atoms. The van der Waals surface area contributed by atoms with Crippen LogP contribution in [0.25, 0.3) is 0 Å². The van der Waals surface area contributed by atoms with E-state index in [1.54, 1.807) is 0 Å². The summed E-state index contributed by atoms with van der Waals surface area (Å²) in [6.07, 6.45) is 5.31. The third-order valence-electron chi connectivity index (χ3n) is 2.84. The van der Waals surface area contributed by atoms with Crippen molar-refractivity contribution >= 4 is 0 Å². The van der Waals surface area contributed by atoms with Crippen molar-refractivity contribution in [2.75, 3.05) is 6.54 Å². The fraction of sp³-hybridized carbons (Fsp3) is 1.00. The quantitative estimate of drug-likeness (QED) is 0.672. The van der Waals surface area contributed by atoms with E-state index >= 15 is 0 Å². The lowest BCUT2D eigenvalue weighted by Crippen LogP contribution is -2.36. The van der Waals surface area contributed by atoms with Crippen LogP contribution in [0, 0.1) is 5.92 Å². The van der Waals surface area contributed by atoms with E-state index in [9.17, 15) is 0 Å². The molecule has 1 saturated carbocycles. The van der Waals surface area contributed by atoms with E-state index in [4.69, 9.17) is 5.11 Å². The summed E-state index contributed by atoms with van der Waals surface area (Å²) in [5.41, 5.74) is 0. The normalized spacial score (nSPS) is 24.2. The molecule has 2 atom stereocenters. The van der Waals surface area contributed by atoms with Gasteiger partial charge in [-0.2, -0.15) is 0 Å². The predicted molar refractivity (Wildman–Crippen MR) is 51.1 cm³/mol. The van der Waals surface area contributed by atoms with Crippen molar-refractivity contribution in [2.45, 2.75) is 51.7 Å². The van der Waals surface area contributed by atoms with Gasteiger partial charge in [-0.3, -0.25) is 0 Å². The van der Waals surface area contributed by atoms with Gasteiger partial charge in [0.05, 0.1) is 6.10 Å². The van der Waals surface area contributed by atoms with E-state index in [0.717, 1.165) is 12.5 Å². The van der Waals surface area contributed by atoms with Gasteiger partial charge in [0.25, 0.3) is 0 Å². The Hall–Kier alpha value is -0.0800. The molecule has 1 aliphatic carbocycles. The van der Waals surface area contributed by atoms with Gasteiger partial charge in [0.15, 0.2) is 0 Å². The molecule has 0 amide bonds. The van der Waals surface area contributed by atoms with E-state index < -0.39 is 0 Å². The van der Waals surface area contributed by atoms with Crippen LogP contribution in [0.5, 0.6) is 0 Å². The minimum absolute atomic E-state index is 0.214. The lowest BCUT2D eigenvalue weighted by Gasteiger charge is -2.21. The van der Waals surface area contributed by atoms with Crippen LogP contribution >= 0.6 is 0 Å². The molecule has 2 heteroatoms. The van der Waals surface area contributed by atoms with Gasteiger partial charge in [0.2, 0.25) is 0 Å². The lowest BCUT2D eigenvalue weighted by atomic mass is 10.00. The fourth-order valence-corrected chi connectivity index (χ4v) is 1.98. The maximum atomic E-state index is 9.08. The number of aliphatic hydroxyl groups is 1. The first-order valence-corrected chi connectivity index (χ1v) is 5.11. The average molecular weight is 171 g/mol. The van der Waals surface area contributed by atoms with Crippen molar-refractivity contribution in [3.05, 3.63) is 0 Å². The second-order valence-corrected chi connectivity index (χ2v) is 4.09. The summed E-state index contributed by atoms with van der Waals surface area (Å²) in [6, 6.07) is 0.585. The molecule has 0 saturated heterocycles. The molecule has 1 rings (SSSR count). The first kappa shape index (κ1) is 10.0. The van der Waals surface area contributed by atoms with Crippen molar-refractivity contribution in [3.8, 4) is 0 Å². The van der Waals surface area contributed by atoms with Crippen molar-refractivity contribution in [3.63, 3.8) is 0 Å². The van der Waals surface area contributed by atoms with Crippen LogP contribution in [0.2, 0.25) is 0 Å². The van der Waals surface area contributed by atoms with Crippen LogP contribution in [-0.2, 0) is 0 Å². The van der Waals surface area contributed by atoms with Gasteiger partial charge < -0.3 is 10.4 Å². The van der Waals surface area contributed by atoms with Gasteiger partial charge in [0, 0.05) is 12.6 Å². The summed E-state index contributed by atoms with van der Waals surface area (Å²) >= 11 is 0. The third-order valence-corrected chi connectivity index (χ3v) is 2.84. The van der Waals surface area contributed by atoms with Gasteiger partial charge >= 0.3 is 0 Å². The number of rotatable bonds is 4. The first-order chi connectivity index (χ1) is 5.70. The first-order valence-electron chi connectivity index (χ1n) is 5.11. The standard InChI is InChI=1S/C10H21NO/c1-8(12)7-11-9(2)10-5-3-4-6-10/h8-12H,3-7H2,1-2H3/t8-,9+/m1/s1. The van der Waals surface area contributed by atoms with E-state index in [1.807, 2.05) is 6.92 Å². The summed E-state index contributed by atoms with van der Waals surface area (Å²) in [5.74, 6) is 0.851. The van der Waals surface area contributed by atoms with Crippen molar-refractivity contribution in [1.82, 2.24) is 5.32 Å². The second-order valence-electron chi connectivity index (χ2n) is 4.09. The van der Waals surface area contributed by atoms with E-state index in [-0.39, 0.29) is 6.10 Å². The predicted octanol–water partition coefficient (Wildman–Crippen LogP) is 1.54. The zero-order valence-corrected chi connectivity index (χ0v) is 8.21. The molecule has 2 N–H and O–H groups in total. The number of nitrogens with one attached hydrogen (secondary N) is 1. The summed E-state index contributed by atoms with van der Waals surface area (Å²) in [7, 11) is 0. The molecule has 12 heavy (non-hydrogen) atoms. The van der Waals surface area contributed by atoms with E-state index in [0.29, 0.717) is 6.04 Å². The Morgan fingerprint density at radius 3 is 2.42 bits per heavy atom. The van der Waals surface area contributed by atoms with Crippen LogP contribution < -0.4 is 5.32 Å². The van der Waals surface area contributed by atoms with Crippen LogP contribution in [-0.4, -0.2) is 23.8 Å². The summed E-state index contributed by atoms with van der Waals surface area (Å²) in [6.45, 7) is 4.80. The minimum Gasteiger partial charge on any atom is -0.392 e. The Morgan fingerprint density at radius 2 is 1.92 bits per heavy atom. The minimum atomic E-state index is -0.214. The second kappa shape index (κ2) is 4.83. The molecular formula is C10H21NO. The molecule has 0 aromatic heterocycles. The van der Waals surface area contributed by atoms with Gasteiger partial charge in [-0.05, 0) is 32.6 Å². The van der Waals surface area contributed by atoms with E-state index in [1.165, 1.54) is 25.7 Å². The number of hydrogen-bond donors (Lipinski definition) is 2. The zero-order valence-electron chi connectivity index (χ0n) is 8.21. The summed E-state index contributed by atoms with van der Waals surface area (Å²) in [5, 5.41) is 12.5. The molecule has 0 aromatic carbocycles. The molecule has 2 nitrogen and oxygen atoms in total. The van der Waals surface area contributed by atoms with Crippen molar-refractivity contribution < 1.29 is 5.11 Å². The number of aliphatic hydroxyl groups excluding tert-OH is 1. The van der Waals surface area contributed by atoms with Crippen molar-refractivity contribution in [2.24, 2.45) is 5.92 Å². The summed E-state index contributed by atoms with van der Waals surface area (Å²) < 4.78 is 0. The Labute approximate surface area is 75.4 Å². The topological polar surface area (TPSA) is 32.3 Å². The fourth-order valence-electron chi connectivity index (χ4n) is 1.98. The molecule has 0 heterocycles. The number of hydrogen-bond acceptors (Lipinski definition) is 2. The maximum absolute atomic E-state index is 9.08. The van der Waals surface area contributed by atoms with Crippen molar-refractivity contribution in [1.29, 1.82) is 0 Å². The Balaban J connectivity index is 2.13. The monoisotopic (exact) mass is 171 g/mol. The molecule has 0 spiro atoms. The average Bonchev–Trinajstić information content (AvgIpc) is 2.51. The zero-order chi connectivity index (χ0) is 8.97. The molecule has 0 unspecified atom stereocenters. The molecule has 1 aliphatic rings. The van der Waals surface area contributed by atoms with E-state index in [2.05, 4.69) is 12.2 Å². The molecule has 0 aromatic rings. The van der Waals surface area contributed by atoms with Crippen LogP contribution in [0.4, 0.5) is 0 Å². The highest BCUT2D eigenvalue weighted by molar-refractivity contribution is 4.77. The molecular weight excluding hydrogens is 150 g/mol. The van der Waals surface area contributed by atoms with Gasteiger partial charge in [0.1, 0.15) is 0 Å². The highest BCUT2D eigenvalue weighted by Crippen LogP contribution is 2.27. The highest BCUT2D eigenvalue weighted by atomic mass is 16.3. The SMILES string of the molecule is C[C@H](NC[C@@H](C)O)C1CCCC1. The molecule has 0 aliphatic heterocycles. The summed E-state index contributed by atoms with van der Waals surface area (Å²) in [4.78, 5) is 0. The Kier molecular flexibility index (Phi) is 4.02. The van der Waals surface area contributed by atoms with Gasteiger partial charge in [-0.25, -0.2) is 0 Å². The van der Waals surface area contributed by atoms with Crippen LogP contribution in [0.1, 0.15) is 39.5 Å². The lowest BCUT2D eigenvalue weighted by molar-refractivity contribution is 0.181. The maximum Gasteiger partial charge on any atom is 0.0636 e. The molecule has 0 radical (unpaired) electrons. The van der Waals surface area contributed by atoms with Crippen LogP contribution in [0.3, 0.4) is 0 Å². The van der Waals surface area contributed by atoms with Gasteiger partial charge in [-0.1, -0.05) is 12.8 Å². The third kappa shape index (κ3) is 3.11. The Bertz CT molecular complexity index is 119. The van der Waals surface area contributed by atoms with Gasteiger partial charge in [-0.15, -0.1) is 0 Å². The Morgan fingerprint density at radius 1 is 1.33 bits per heavy atom. The molecule has 72 valence electrons. The smallest absolute Gasteiger partial charge is 0.0636 e. The molecule has 1 fully saturated rings.